The van der Waals surface area contributed by atoms with Gasteiger partial charge in [0.05, 0.1) is 23.8 Å². The van der Waals surface area contributed by atoms with Gasteiger partial charge in [0.2, 0.25) is 5.91 Å². The number of amides is 1. The quantitative estimate of drug-likeness (QED) is 0.281. The minimum absolute atomic E-state index is 0.0150. The third-order valence-electron chi connectivity index (χ3n) is 6.42. The number of carbonyl (C=O) groups is 2. The maximum atomic E-state index is 12.1. The molecule has 4 unspecified atom stereocenters. The van der Waals surface area contributed by atoms with E-state index in [1.165, 1.54) is 0 Å². The van der Waals surface area contributed by atoms with Crippen LogP contribution in [0, 0.1) is 5.92 Å². The highest BCUT2D eigenvalue weighted by Crippen LogP contribution is 2.43. The van der Waals surface area contributed by atoms with Crippen molar-refractivity contribution in [2.45, 2.75) is 56.3 Å². The summed E-state index contributed by atoms with van der Waals surface area (Å²) in [6, 6.07) is 20.9. The Morgan fingerprint density at radius 1 is 0.974 bits per heavy atom. The fourth-order valence-electron chi connectivity index (χ4n) is 4.26. The van der Waals surface area contributed by atoms with Gasteiger partial charge in [0.15, 0.2) is 6.29 Å². The predicted molar refractivity (Wildman–Crippen MR) is 144 cm³/mol. The first kappa shape index (κ1) is 27.8. The van der Waals surface area contributed by atoms with E-state index in [9.17, 15) is 14.7 Å². The number of thioether (sulfide) groups is 1. The zero-order valence-electron chi connectivity index (χ0n) is 21.2. The highest BCUT2D eigenvalue weighted by molar-refractivity contribution is 7.99. The van der Waals surface area contributed by atoms with Gasteiger partial charge in [0.1, 0.15) is 0 Å². The van der Waals surface area contributed by atoms with Gasteiger partial charge in [-0.05, 0) is 41.8 Å². The Kier molecular flexibility index (Phi) is 9.89. The van der Waals surface area contributed by atoms with E-state index < -0.39 is 12.3 Å². The van der Waals surface area contributed by atoms with Crippen molar-refractivity contribution < 1.29 is 29.3 Å². The zero-order chi connectivity index (χ0) is 26.9. The number of hydrogen-bond donors (Lipinski definition) is 3. The predicted octanol–water partition coefficient (Wildman–Crippen LogP) is 5.35. The van der Waals surface area contributed by atoms with Crippen LogP contribution in [0.15, 0.2) is 78.0 Å². The molecule has 0 bridgehead atoms. The van der Waals surface area contributed by atoms with E-state index in [1.807, 2.05) is 54.6 Å². The Labute approximate surface area is 226 Å². The maximum Gasteiger partial charge on any atom is 0.303 e. The van der Waals surface area contributed by atoms with Crippen molar-refractivity contribution in [3.63, 3.8) is 0 Å². The van der Waals surface area contributed by atoms with Crippen molar-refractivity contribution in [2.75, 3.05) is 11.1 Å². The molecule has 200 valence electrons. The Morgan fingerprint density at radius 3 is 2.37 bits per heavy atom. The molecule has 4 atom stereocenters. The van der Waals surface area contributed by atoms with E-state index in [-0.39, 0.29) is 43.5 Å². The van der Waals surface area contributed by atoms with Crippen LogP contribution in [0.5, 0.6) is 0 Å². The third-order valence-corrected chi connectivity index (χ3v) is 7.45. The number of aliphatic hydroxyl groups is 1. The smallest absolute Gasteiger partial charge is 0.303 e. The summed E-state index contributed by atoms with van der Waals surface area (Å²) in [4.78, 5) is 27.2. The molecule has 9 heteroatoms. The molecule has 3 N–H and O–H groups in total. The first-order valence-electron chi connectivity index (χ1n) is 12.6. The molecular weight excluding hydrogens is 504 g/mol. The highest BCUT2D eigenvalue weighted by Gasteiger charge is 2.38. The molecule has 0 saturated carbocycles. The minimum atomic E-state index is -0.914. The van der Waals surface area contributed by atoms with Crippen molar-refractivity contribution in [3.05, 3.63) is 89.6 Å². The van der Waals surface area contributed by atoms with Gasteiger partial charge in [-0.2, -0.15) is 0 Å². The Morgan fingerprint density at radius 2 is 1.71 bits per heavy atom. The number of ether oxygens (including phenoxy) is 2. The number of hydrogen-bond acceptors (Lipinski definition) is 7. The molecule has 1 aromatic heterocycles. The fraction of sp³-hybridized carbons (Fsp3) is 0.345. The first-order chi connectivity index (χ1) is 18.4. The normalized spacial score (nSPS) is 21.1. The molecule has 4 rings (SSSR count). The van der Waals surface area contributed by atoms with Crippen LogP contribution >= 0.6 is 11.8 Å². The van der Waals surface area contributed by atoms with E-state index in [0.29, 0.717) is 17.9 Å². The van der Waals surface area contributed by atoms with Gasteiger partial charge < -0.3 is 25.0 Å². The lowest BCUT2D eigenvalue weighted by Crippen LogP contribution is -2.38. The summed E-state index contributed by atoms with van der Waals surface area (Å²) in [6.45, 7) is 2.10. The van der Waals surface area contributed by atoms with Crippen molar-refractivity contribution in [3.8, 4) is 0 Å². The fourth-order valence-corrected chi connectivity index (χ4v) is 5.28. The summed E-state index contributed by atoms with van der Waals surface area (Å²) in [7, 11) is 0. The number of aromatic nitrogens is 1. The van der Waals surface area contributed by atoms with Crippen LogP contribution in [0.2, 0.25) is 0 Å². The standard InChI is InChI=1S/C29H32N2O6S/c1-19-24(18-38-26-6-2-3-16-30-26)36-29(37-28(19)21-10-8-20(17-32)9-11-21)22-12-14-23(15-13-22)31-25(33)5-4-7-27(34)35/h2-3,6,8-16,19,24,28-29,32H,4-5,7,17-18H2,1H3,(H,31,33)(H,34,35). The van der Waals surface area contributed by atoms with Crippen LogP contribution in [0.4, 0.5) is 5.69 Å². The van der Waals surface area contributed by atoms with Gasteiger partial charge in [-0.25, -0.2) is 4.98 Å². The van der Waals surface area contributed by atoms with Crippen molar-refractivity contribution in [1.29, 1.82) is 0 Å². The lowest BCUT2D eigenvalue weighted by molar-refractivity contribution is -0.268. The molecule has 2 aromatic carbocycles. The van der Waals surface area contributed by atoms with Crippen LogP contribution in [0.3, 0.4) is 0 Å². The molecule has 1 amide bonds. The van der Waals surface area contributed by atoms with Crippen LogP contribution in [0.1, 0.15) is 55.3 Å². The number of aliphatic carboxylic acids is 1. The monoisotopic (exact) mass is 536 g/mol. The number of anilines is 1. The molecule has 38 heavy (non-hydrogen) atoms. The number of carboxylic acids is 1. The lowest BCUT2D eigenvalue weighted by atomic mass is 9.91. The second kappa shape index (κ2) is 13.5. The largest absolute Gasteiger partial charge is 0.481 e. The first-order valence-corrected chi connectivity index (χ1v) is 13.6. The average molecular weight is 537 g/mol. The molecule has 1 saturated heterocycles. The molecule has 0 radical (unpaired) electrons. The summed E-state index contributed by atoms with van der Waals surface area (Å²) >= 11 is 1.64. The number of nitrogens with zero attached hydrogens (tertiary/aromatic N) is 1. The van der Waals surface area contributed by atoms with Crippen molar-refractivity contribution >= 4 is 29.3 Å². The molecule has 1 aliphatic rings. The van der Waals surface area contributed by atoms with Crippen LogP contribution in [0.25, 0.3) is 0 Å². The number of carboxylic acid groups (broad SMARTS) is 1. The van der Waals surface area contributed by atoms with Gasteiger partial charge in [-0.3, -0.25) is 9.59 Å². The molecule has 1 aliphatic heterocycles. The lowest BCUT2D eigenvalue weighted by Gasteiger charge is -2.41. The van der Waals surface area contributed by atoms with Crippen LogP contribution < -0.4 is 5.32 Å². The van der Waals surface area contributed by atoms with Crippen LogP contribution in [-0.2, 0) is 25.7 Å². The van der Waals surface area contributed by atoms with Gasteiger partial charge >= 0.3 is 5.97 Å². The van der Waals surface area contributed by atoms with Gasteiger partial charge in [-0.1, -0.05) is 49.4 Å². The SMILES string of the molecule is CC1C(CSc2ccccn2)OC(c2ccc(NC(=O)CCCC(=O)O)cc2)OC1c1ccc(CO)cc1. The molecule has 8 nitrogen and oxygen atoms in total. The third kappa shape index (κ3) is 7.64. The number of carbonyl (C=O) groups excluding carboxylic acids is 1. The molecule has 1 fully saturated rings. The second-order valence-corrected chi connectivity index (χ2v) is 10.3. The molecule has 2 heterocycles. The summed E-state index contributed by atoms with van der Waals surface area (Å²) < 4.78 is 12.9. The second-order valence-electron chi connectivity index (χ2n) is 9.22. The summed E-state index contributed by atoms with van der Waals surface area (Å²) in [5.74, 6) is -0.376. The molecule has 3 aromatic rings. The maximum absolute atomic E-state index is 12.1. The van der Waals surface area contributed by atoms with Gasteiger partial charge in [0, 0.05) is 42.0 Å². The molecule has 0 aliphatic carbocycles. The Balaban J connectivity index is 1.47. The number of rotatable bonds is 11. The number of pyridine rings is 1. The summed E-state index contributed by atoms with van der Waals surface area (Å²) in [6.07, 6.45) is 1.24. The van der Waals surface area contributed by atoms with Crippen molar-refractivity contribution in [1.82, 2.24) is 4.98 Å². The number of benzene rings is 2. The van der Waals surface area contributed by atoms with Crippen LogP contribution in [-0.4, -0.2) is 38.9 Å². The van der Waals surface area contributed by atoms with Gasteiger partial charge in [0.25, 0.3) is 0 Å². The number of nitrogens with one attached hydrogen (secondary N) is 1. The Hall–Kier alpha value is -3.24. The van der Waals surface area contributed by atoms with E-state index >= 15 is 0 Å². The average Bonchev–Trinajstić information content (AvgIpc) is 2.93. The Bertz CT molecular complexity index is 1190. The number of aliphatic hydroxyl groups excluding tert-OH is 1. The van der Waals surface area contributed by atoms with E-state index in [4.69, 9.17) is 14.6 Å². The van der Waals surface area contributed by atoms with Gasteiger partial charge in [-0.15, -0.1) is 11.8 Å². The van der Waals surface area contributed by atoms with E-state index in [1.54, 1.807) is 30.1 Å². The zero-order valence-corrected chi connectivity index (χ0v) is 22.0. The van der Waals surface area contributed by atoms with Crippen molar-refractivity contribution in [2.24, 2.45) is 5.92 Å². The summed E-state index contributed by atoms with van der Waals surface area (Å²) in [5, 5.41) is 21.9. The van der Waals surface area contributed by atoms with E-state index in [0.717, 1.165) is 21.7 Å². The summed E-state index contributed by atoms with van der Waals surface area (Å²) in [5.41, 5.74) is 3.30. The molecular formula is C29H32N2O6S. The minimum Gasteiger partial charge on any atom is -0.481 e. The highest BCUT2D eigenvalue weighted by atomic mass is 32.2. The molecule has 0 spiro atoms. The topological polar surface area (TPSA) is 118 Å². The van der Waals surface area contributed by atoms with E-state index in [2.05, 4.69) is 17.2 Å².